The van der Waals surface area contributed by atoms with Crippen LogP contribution >= 0.6 is 9.24 Å². The van der Waals surface area contributed by atoms with Crippen LogP contribution in [0.4, 0.5) is 0 Å². The summed E-state index contributed by atoms with van der Waals surface area (Å²) in [5.74, 6) is -0.468. The summed E-state index contributed by atoms with van der Waals surface area (Å²) in [4.78, 5) is 0. The van der Waals surface area contributed by atoms with E-state index in [9.17, 15) is 5.11 Å². The first-order chi connectivity index (χ1) is 6.27. The molecule has 0 fully saturated rings. The standard InChI is InChI=1S/C11H11OP/c12-11(13)10-6-5-8-3-1-2-4-9(8)7-10/h1-7,11-12H,13H2. The molecule has 0 bridgehead atoms. The fourth-order valence-corrected chi connectivity index (χ4v) is 1.60. The van der Waals surface area contributed by atoms with Crippen molar-refractivity contribution in [3.8, 4) is 0 Å². The van der Waals surface area contributed by atoms with Crippen LogP contribution in [0.1, 0.15) is 11.4 Å². The lowest BCUT2D eigenvalue weighted by Gasteiger charge is -2.05. The first kappa shape index (κ1) is 8.68. The Bertz CT molecular complexity index is 423. The molecule has 2 aromatic rings. The van der Waals surface area contributed by atoms with Crippen molar-refractivity contribution in [3.63, 3.8) is 0 Å². The van der Waals surface area contributed by atoms with E-state index in [1.165, 1.54) is 10.8 Å². The summed E-state index contributed by atoms with van der Waals surface area (Å²) < 4.78 is 0. The second kappa shape index (κ2) is 3.45. The van der Waals surface area contributed by atoms with Crippen molar-refractivity contribution in [1.82, 2.24) is 0 Å². The largest absolute Gasteiger partial charge is 0.384 e. The zero-order valence-corrected chi connectivity index (χ0v) is 8.30. The number of rotatable bonds is 1. The van der Waals surface area contributed by atoms with Crippen LogP contribution in [0, 0.1) is 0 Å². The van der Waals surface area contributed by atoms with Crippen LogP contribution in [0.15, 0.2) is 42.5 Å². The topological polar surface area (TPSA) is 20.2 Å². The first-order valence-corrected chi connectivity index (χ1v) is 4.86. The molecule has 2 atom stereocenters. The molecule has 0 aliphatic heterocycles. The van der Waals surface area contributed by atoms with E-state index >= 15 is 0 Å². The summed E-state index contributed by atoms with van der Waals surface area (Å²) in [6.45, 7) is 0. The van der Waals surface area contributed by atoms with E-state index in [1.807, 2.05) is 36.4 Å². The quantitative estimate of drug-likeness (QED) is 0.685. The van der Waals surface area contributed by atoms with Crippen molar-refractivity contribution < 1.29 is 5.11 Å². The van der Waals surface area contributed by atoms with Crippen molar-refractivity contribution >= 4 is 20.0 Å². The molecular weight excluding hydrogens is 179 g/mol. The Balaban J connectivity index is 2.62. The van der Waals surface area contributed by atoms with Gasteiger partial charge in [-0.3, -0.25) is 0 Å². The van der Waals surface area contributed by atoms with Gasteiger partial charge in [0.25, 0.3) is 0 Å². The zero-order valence-electron chi connectivity index (χ0n) is 7.14. The fourth-order valence-electron chi connectivity index (χ4n) is 1.39. The average Bonchev–Trinajstić information content (AvgIpc) is 2.17. The first-order valence-electron chi connectivity index (χ1n) is 4.20. The molecule has 0 aliphatic rings. The van der Waals surface area contributed by atoms with E-state index in [2.05, 4.69) is 15.3 Å². The minimum Gasteiger partial charge on any atom is -0.384 e. The second-order valence-corrected chi connectivity index (χ2v) is 3.68. The summed E-state index contributed by atoms with van der Waals surface area (Å²) in [7, 11) is 2.38. The van der Waals surface area contributed by atoms with Gasteiger partial charge in [0, 0.05) is 0 Å². The van der Waals surface area contributed by atoms with Crippen LogP contribution in [-0.2, 0) is 0 Å². The van der Waals surface area contributed by atoms with Crippen LogP contribution in [0.2, 0.25) is 0 Å². The van der Waals surface area contributed by atoms with Gasteiger partial charge in [-0.05, 0) is 22.4 Å². The van der Waals surface area contributed by atoms with E-state index in [0.29, 0.717) is 0 Å². The fraction of sp³-hybridized carbons (Fsp3) is 0.0909. The number of fused-ring (bicyclic) bond motifs is 1. The number of benzene rings is 2. The molecule has 0 heterocycles. The molecule has 0 saturated heterocycles. The molecule has 0 spiro atoms. The van der Waals surface area contributed by atoms with Gasteiger partial charge < -0.3 is 5.11 Å². The minimum atomic E-state index is -0.468. The van der Waals surface area contributed by atoms with Gasteiger partial charge in [0.15, 0.2) is 0 Å². The SMILES string of the molecule is OC(P)c1ccc2ccccc2c1. The Hall–Kier alpha value is -0.910. The molecule has 2 unspecified atom stereocenters. The van der Waals surface area contributed by atoms with Gasteiger partial charge in [0.1, 0.15) is 0 Å². The minimum absolute atomic E-state index is 0.468. The lowest BCUT2D eigenvalue weighted by atomic mass is 10.1. The molecule has 0 saturated carbocycles. The van der Waals surface area contributed by atoms with Gasteiger partial charge in [-0.1, -0.05) is 36.4 Å². The molecule has 0 amide bonds. The maximum atomic E-state index is 9.35. The lowest BCUT2D eigenvalue weighted by molar-refractivity contribution is 0.269. The maximum Gasteiger partial charge on any atom is 0.0921 e. The van der Waals surface area contributed by atoms with E-state index in [-0.39, 0.29) is 0 Å². The summed E-state index contributed by atoms with van der Waals surface area (Å²) in [5, 5.41) is 11.7. The number of aliphatic hydroxyl groups is 1. The van der Waals surface area contributed by atoms with Crippen molar-refractivity contribution in [3.05, 3.63) is 48.0 Å². The summed E-state index contributed by atoms with van der Waals surface area (Å²) >= 11 is 0. The molecule has 1 nitrogen and oxygen atoms in total. The number of aliphatic hydroxyl groups excluding tert-OH is 1. The highest BCUT2D eigenvalue weighted by atomic mass is 31.0. The van der Waals surface area contributed by atoms with E-state index in [1.54, 1.807) is 0 Å². The molecule has 0 aliphatic carbocycles. The van der Waals surface area contributed by atoms with Crippen molar-refractivity contribution in [1.29, 1.82) is 0 Å². The smallest absolute Gasteiger partial charge is 0.0921 e. The Morgan fingerprint density at radius 3 is 2.38 bits per heavy atom. The maximum absolute atomic E-state index is 9.35. The molecule has 66 valence electrons. The highest BCUT2D eigenvalue weighted by Gasteiger charge is 2.00. The second-order valence-electron chi connectivity index (χ2n) is 3.05. The van der Waals surface area contributed by atoms with Crippen LogP contribution in [0.25, 0.3) is 10.8 Å². The molecule has 2 aromatic carbocycles. The third-order valence-electron chi connectivity index (χ3n) is 2.12. The predicted molar refractivity (Wildman–Crippen MR) is 58.6 cm³/mol. The summed E-state index contributed by atoms with van der Waals surface area (Å²) in [6.07, 6.45) is 0. The average molecular weight is 190 g/mol. The molecule has 0 radical (unpaired) electrons. The molecule has 0 aromatic heterocycles. The third kappa shape index (κ3) is 1.72. The van der Waals surface area contributed by atoms with E-state index < -0.39 is 5.85 Å². The summed E-state index contributed by atoms with van der Waals surface area (Å²) in [5.41, 5.74) is 0.934. The third-order valence-corrected chi connectivity index (χ3v) is 2.50. The van der Waals surface area contributed by atoms with Crippen molar-refractivity contribution in [2.45, 2.75) is 5.85 Å². The molecule has 13 heavy (non-hydrogen) atoms. The number of hydrogen-bond acceptors (Lipinski definition) is 1. The van der Waals surface area contributed by atoms with Gasteiger partial charge in [0.05, 0.1) is 5.85 Å². The van der Waals surface area contributed by atoms with Crippen molar-refractivity contribution in [2.24, 2.45) is 0 Å². The molecular formula is C11H11OP. The van der Waals surface area contributed by atoms with Crippen molar-refractivity contribution in [2.75, 3.05) is 0 Å². The highest BCUT2D eigenvalue weighted by molar-refractivity contribution is 7.16. The Morgan fingerprint density at radius 2 is 1.69 bits per heavy atom. The lowest BCUT2D eigenvalue weighted by Crippen LogP contribution is -1.86. The van der Waals surface area contributed by atoms with Gasteiger partial charge in [-0.2, -0.15) is 0 Å². The Kier molecular flexibility index (Phi) is 2.30. The van der Waals surface area contributed by atoms with Crippen LogP contribution in [0.5, 0.6) is 0 Å². The normalized spacial score (nSPS) is 13.1. The molecule has 1 N–H and O–H groups in total. The van der Waals surface area contributed by atoms with Gasteiger partial charge in [-0.25, -0.2) is 0 Å². The van der Waals surface area contributed by atoms with E-state index in [0.717, 1.165) is 5.56 Å². The zero-order chi connectivity index (χ0) is 9.26. The van der Waals surface area contributed by atoms with Crippen LogP contribution < -0.4 is 0 Å². The number of hydrogen-bond donors (Lipinski definition) is 1. The Labute approximate surface area is 79.6 Å². The molecule has 2 heteroatoms. The van der Waals surface area contributed by atoms with Gasteiger partial charge in [-0.15, -0.1) is 9.24 Å². The highest BCUT2D eigenvalue weighted by Crippen LogP contribution is 2.23. The Morgan fingerprint density at radius 1 is 1.00 bits per heavy atom. The van der Waals surface area contributed by atoms with Gasteiger partial charge >= 0.3 is 0 Å². The monoisotopic (exact) mass is 190 g/mol. The van der Waals surface area contributed by atoms with E-state index in [4.69, 9.17) is 0 Å². The predicted octanol–water partition coefficient (Wildman–Crippen LogP) is 2.71. The van der Waals surface area contributed by atoms with Crippen LogP contribution in [0.3, 0.4) is 0 Å². The summed E-state index contributed by atoms with van der Waals surface area (Å²) in [6, 6.07) is 14.1. The van der Waals surface area contributed by atoms with Gasteiger partial charge in [0.2, 0.25) is 0 Å². The van der Waals surface area contributed by atoms with Crippen LogP contribution in [-0.4, -0.2) is 5.11 Å². The molecule has 2 rings (SSSR count).